The van der Waals surface area contributed by atoms with E-state index in [0.717, 1.165) is 15.4 Å². The number of methoxy groups -OCH3 is 1. The van der Waals surface area contributed by atoms with Gasteiger partial charge >= 0.3 is 0 Å². The molecule has 248 valence electrons. The van der Waals surface area contributed by atoms with Crippen LogP contribution in [0.2, 0.25) is 10.0 Å². The Balaban J connectivity index is 1.87. The molecule has 4 rings (SSSR count). The van der Waals surface area contributed by atoms with E-state index in [-0.39, 0.29) is 41.2 Å². The van der Waals surface area contributed by atoms with Crippen molar-refractivity contribution in [2.24, 2.45) is 0 Å². The van der Waals surface area contributed by atoms with Crippen LogP contribution in [0.3, 0.4) is 0 Å². The van der Waals surface area contributed by atoms with Crippen LogP contribution >= 0.6 is 23.2 Å². The van der Waals surface area contributed by atoms with E-state index in [1.807, 2.05) is 51.1 Å². The van der Waals surface area contributed by atoms with Crippen LogP contribution in [0.15, 0.2) is 102 Å². The zero-order chi connectivity index (χ0) is 34.1. The van der Waals surface area contributed by atoms with E-state index in [2.05, 4.69) is 5.32 Å². The topological polar surface area (TPSA) is 96.0 Å². The molecule has 11 heteroatoms. The summed E-state index contributed by atoms with van der Waals surface area (Å²) in [5.41, 5.74) is 2.33. The molecule has 4 aromatic rings. The van der Waals surface area contributed by atoms with Crippen LogP contribution in [0, 0.1) is 6.92 Å². The average Bonchev–Trinajstić information content (AvgIpc) is 3.06. The highest BCUT2D eigenvalue weighted by Gasteiger charge is 2.36. The summed E-state index contributed by atoms with van der Waals surface area (Å²) in [4.78, 5) is 30.1. The van der Waals surface area contributed by atoms with Crippen LogP contribution in [0.25, 0.3) is 0 Å². The third kappa shape index (κ3) is 9.06. The fraction of sp³-hybridized carbons (Fsp3) is 0.278. The number of nitrogens with one attached hydrogen (secondary N) is 1. The van der Waals surface area contributed by atoms with Crippen molar-refractivity contribution in [1.82, 2.24) is 10.2 Å². The van der Waals surface area contributed by atoms with Crippen molar-refractivity contribution in [3.63, 3.8) is 0 Å². The highest BCUT2D eigenvalue weighted by atomic mass is 35.5. The lowest BCUT2D eigenvalue weighted by Gasteiger charge is -2.34. The number of nitrogens with zero attached hydrogens (tertiary/aromatic N) is 2. The predicted molar refractivity (Wildman–Crippen MR) is 188 cm³/mol. The molecule has 0 aliphatic heterocycles. The van der Waals surface area contributed by atoms with Gasteiger partial charge in [-0.15, -0.1) is 0 Å². The minimum absolute atomic E-state index is 0.000922. The van der Waals surface area contributed by atoms with E-state index in [1.54, 1.807) is 54.6 Å². The highest BCUT2D eigenvalue weighted by molar-refractivity contribution is 7.92. The molecule has 0 aromatic heterocycles. The Morgan fingerprint density at radius 3 is 2.19 bits per heavy atom. The smallest absolute Gasteiger partial charge is 0.264 e. The normalized spacial score (nSPS) is 12.6. The standard InChI is InChI=1S/C36H39Cl2N3O5S/c1-5-26(3)39-36(43)33(21-27-12-8-6-9-13-27)40(23-28-17-18-29(37)22-31(28)38)35(42)24-41(32-20-25(2)16-19-34(32)46-4)47(44,45)30-14-10-7-11-15-30/h6-20,22,26,33H,5,21,23-24H2,1-4H3,(H,39,43)/t26-,33-/m1/s1. The molecule has 1 N–H and O–H groups in total. The number of amides is 2. The number of ether oxygens (including phenoxy) is 1. The van der Waals surface area contributed by atoms with Gasteiger partial charge in [0, 0.05) is 29.1 Å². The molecule has 4 aromatic carbocycles. The van der Waals surface area contributed by atoms with Crippen molar-refractivity contribution in [2.45, 2.75) is 57.1 Å². The largest absolute Gasteiger partial charge is 0.495 e. The lowest BCUT2D eigenvalue weighted by atomic mass is 10.0. The van der Waals surface area contributed by atoms with E-state index in [1.165, 1.54) is 24.1 Å². The first-order chi connectivity index (χ1) is 22.4. The second-order valence-corrected chi connectivity index (χ2v) is 14.0. The monoisotopic (exact) mass is 695 g/mol. The first-order valence-electron chi connectivity index (χ1n) is 15.2. The molecule has 47 heavy (non-hydrogen) atoms. The van der Waals surface area contributed by atoms with Crippen LogP contribution in [0.1, 0.15) is 37.0 Å². The molecule has 0 heterocycles. The molecule has 0 bridgehead atoms. The number of hydrogen-bond acceptors (Lipinski definition) is 5. The molecule has 2 amide bonds. The number of aryl methyl sites for hydroxylation is 1. The Morgan fingerprint density at radius 1 is 0.915 bits per heavy atom. The lowest BCUT2D eigenvalue weighted by Crippen LogP contribution is -2.54. The summed E-state index contributed by atoms with van der Waals surface area (Å²) in [6.45, 7) is 4.96. The number of carbonyl (C=O) groups excluding carboxylic acids is 2. The summed E-state index contributed by atoms with van der Waals surface area (Å²) < 4.78 is 35.2. The van der Waals surface area contributed by atoms with Gasteiger partial charge < -0.3 is 15.0 Å². The maximum atomic E-state index is 14.7. The van der Waals surface area contributed by atoms with Crippen molar-refractivity contribution >= 4 is 50.7 Å². The zero-order valence-corrected chi connectivity index (χ0v) is 29.1. The number of carbonyl (C=O) groups is 2. The lowest BCUT2D eigenvalue weighted by molar-refractivity contribution is -0.140. The van der Waals surface area contributed by atoms with Crippen LogP contribution in [0.5, 0.6) is 5.75 Å². The van der Waals surface area contributed by atoms with Crippen LogP contribution in [-0.2, 0) is 32.6 Å². The molecule has 2 atom stereocenters. The first-order valence-corrected chi connectivity index (χ1v) is 17.4. The second kappa shape index (κ2) is 16.2. The summed E-state index contributed by atoms with van der Waals surface area (Å²) in [5.74, 6) is -0.711. The van der Waals surface area contributed by atoms with E-state index in [0.29, 0.717) is 22.0 Å². The second-order valence-electron chi connectivity index (χ2n) is 11.3. The molecule has 0 saturated heterocycles. The van der Waals surface area contributed by atoms with Crippen LogP contribution in [0.4, 0.5) is 5.69 Å². The summed E-state index contributed by atoms with van der Waals surface area (Å²) >= 11 is 12.8. The maximum Gasteiger partial charge on any atom is 0.264 e. The summed E-state index contributed by atoms with van der Waals surface area (Å²) in [6, 6.07) is 26.1. The first kappa shape index (κ1) is 35.8. The van der Waals surface area contributed by atoms with Crippen LogP contribution < -0.4 is 14.4 Å². The molecule has 8 nitrogen and oxygen atoms in total. The highest BCUT2D eigenvalue weighted by Crippen LogP contribution is 2.34. The predicted octanol–water partition coefficient (Wildman–Crippen LogP) is 7.06. The Hall–Kier alpha value is -4.05. The van der Waals surface area contributed by atoms with Gasteiger partial charge in [-0.3, -0.25) is 13.9 Å². The van der Waals surface area contributed by atoms with Crippen molar-refractivity contribution in [1.29, 1.82) is 0 Å². The van der Waals surface area contributed by atoms with Gasteiger partial charge in [-0.25, -0.2) is 8.42 Å². The number of rotatable bonds is 14. The number of anilines is 1. The van der Waals surface area contributed by atoms with Crippen LogP contribution in [-0.4, -0.2) is 50.9 Å². The fourth-order valence-corrected chi connectivity index (χ4v) is 6.96. The molecule has 0 aliphatic carbocycles. The summed E-state index contributed by atoms with van der Waals surface area (Å²) in [5, 5.41) is 3.75. The van der Waals surface area contributed by atoms with Gasteiger partial charge in [0.2, 0.25) is 11.8 Å². The Morgan fingerprint density at radius 2 is 1.57 bits per heavy atom. The Labute approximate surface area is 287 Å². The molecule has 0 fully saturated rings. The van der Waals surface area contributed by atoms with E-state index in [9.17, 15) is 18.0 Å². The zero-order valence-electron chi connectivity index (χ0n) is 26.8. The van der Waals surface area contributed by atoms with Crippen molar-refractivity contribution in [3.05, 3.63) is 124 Å². The van der Waals surface area contributed by atoms with Crippen molar-refractivity contribution in [3.8, 4) is 5.75 Å². The molecule has 0 unspecified atom stereocenters. The van der Waals surface area contributed by atoms with Gasteiger partial charge in [0.25, 0.3) is 10.0 Å². The molecular formula is C36H39Cl2N3O5S. The molecule has 0 aliphatic rings. The van der Waals surface area contributed by atoms with Gasteiger partial charge in [0.1, 0.15) is 18.3 Å². The molecular weight excluding hydrogens is 657 g/mol. The average molecular weight is 697 g/mol. The van der Waals surface area contributed by atoms with Gasteiger partial charge in [0.05, 0.1) is 17.7 Å². The number of hydrogen-bond donors (Lipinski definition) is 1. The SMILES string of the molecule is CC[C@@H](C)NC(=O)[C@@H](Cc1ccccc1)N(Cc1ccc(Cl)cc1Cl)C(=O)CN(c1cc(C)ccc1OC)S(=O)(=O)c1ccccc1. The van der Waals surface area contributed by atoms with Crippen molar-refractivity contribution in [2.75, 3.05) is 18.0 Å². The van der Waals surface area contributed by atoms with E-state index < -0.39 is 28.5 Å². The van der Waals surface area contributed by atoms with Crippen molar-refractivity contribution < 1.29 is 22.7 Å². The minimum atomic E-state index is -4.28. The Bertz CT molecular complexity index is 1790. The fourth-order valence-electron chi connectivity index (χ4n) is 5.06. The van der Waals surface area contributed by atoms with E-state index in [4.69, 9.17) is 27.9 Å². The molecule has 0 radical (unpaired) electrons. The number of sulfonamides is 1. The minimum Gasteiger partial charge on any atom is -0.495 e. The summed E-state index contributed by atoms with van der Waals surface area (Å²) in [7, 11) is -2.85. The molecule has 0 saturated carbocycles. The summed E-state index contributed by atoms with van der Waals surface area (Å²) in [6.07, 6.45) is 0.857. The van der Waals surface area contributed by atoms with Gasteiger partial charge in [-0.1, -0.05) is 90.8 Å². The third-order valence-electron chi connectivity index (χ3n) is 7.84. The Kier molecular flexibility index (Phi) is 12.3. The van der Waals surface area contributed by atoms with Gasteiger partial charge in [0.15, 0.2) is 0 Å². The van der Waals surface area contributed by atoms with E-state index >= 15 is 0 Å². The maximum absolute atomic E-state index is 14.7. The number of halogens is 2. The van der Waals surface area contributed by atoms with Gasteiger partial charge in [-0.2, -0.15) is 0 Å². The quantitative estimate of drug-likeness (QED) is 0.152. The van der Waals surface area contributed by atoms with Gasteiger partial charge in [-0.05, 0) is 73.4 Å². The third-order valence-corrected chi connectivity index (χ3v) is 10.2. The number of benzene rings is 4. The molecule has 0 spiro atoms.